The van der Waals surface area contributed by atoms with E-state index in [-0.39, 0.29) is 11.7 Å². The van der Waals surface area contributed by atoms with Gasteiger partial charge in [0.05, 0.1) is 0 Å². The number of piperidine rings is 1. The van der Waals surface area contributed by atoms with Gasteiger partial charge in [-0.1, -0.05) is 6.07 Å². The fourth-order valence-electron chi connectivity index (χ4n) is 3.01. The summed E-state index contributed by atoms with van der Waals surface area (Å²) < 4.78 is 0. The highest BCUT2D eigenvalue weighted by Crippen LogP contribution is 2.28. The number of carbonyl (C=O) groups is 1. The van der Waals surface area contributed by atoms with Gasteiger partial charge in [0, 0.05) is 36.5 Å². The number of rotatable bonds is 2. The van der Waals surface area contributed by atoms with Gasteiger partial charge in [-0.15, -0.1) is 0 Å². The average molecular weight is 311 g/mol. The Labute approximate surface area is 136 Å². The molecule has 0 aliphatic carbocycles. The average Bonchev–Trinajstić information content (AvgIpc) is 2.57. The summed E-state index contributed by atoms with van der Waals surface area (Å²) in [6.45, 7) is 5.13. The number of phenolic OH excluding ortho intramolecular Hbond substituents is 1. The van der Waals surface area contributed by atoms with E-state index < -0.39 is 0 Å². The molecule has 1 aromatic heterocycles. The number of benzene rings is 1. The lowest BCUT2D eigenvalue weighted by atomic mass is 9.93. The lowest BCUT2D eigenvalue weighted by molar-refractivity contribution is 0.0711. The molecule has 3 rings (SSSR count). The SMILES string of the molecule is Cc1nccc(C2CCN(C(=O)c3ccc(C)c(O)c3)CC2)n1. The molecule has 23 heavy (non-hydrogen) atoms. The predicted octanol–water partition coefficient (Wildman–Crippen LogP) is 2.82. The number of carbonyl (C=O) groups excluding carboxylic acids is 1. The number of aryl methyl sites for hydroxylation is 2. The van der Waals surface area contributed by atoms with Gasteiger partial charge in [-0.3, -0.25) is 4.79 Å². The second-order valence-electron chi connectivity index (χ2n) is 6.10. The summed E-state index contributed by atoms with van der Waals surface area (Å²) in [4.78, 5) is 23.0. The Hall–Kier alpha value is -2.43. The molecular weight excluding hydrogens is 290 g/mol. The Morgan fingerprint density at radius 1 is 1.22 bits per heavy atom. The number of nitrogens with zero attached hydrogens (tertiary/aromatic N) is 3. The maximum Gasteiger partial charge on any atom is 0.253 e. The number of likely N-dealkylation sites (tertiary alicyclic amines) is 1. The molecule has 5 heteroatoms. The predicted molar refractivity (Wildman–Crippen MR) is 87.5 cm³/mol. The van der Waals surface area contributed by atoms with E-state index in [0.717, 1.165) is 29.9 Å². The molecule has 1 fully saturated rings. The maximum atomic E-state index is 12.5. The van der Waals surface area contributed by atoms with Crippen LogP contribution in [0.3, 0.4) is 0 Å². The summed E-state index contributed by atoms with van der Waals surface area (Å²) in [5, 5.41) is 9.78. The highest BCUT2D eigenvalue weighted by Gasteiger charge is 2.25. The van der Waals surface area contributed by atoms with Crippen LogP contribution in [0.15, 0.2) is 30.5 Å². The van der Waals surface area contributed by atoms with E-state index in [4.69, 9.17) is 0 Å². The van der Waals surface area contributed by atoms with Crippen LogP contribution in [-0.4, -0.2) is 39.0 Å². The van der Waals surface area contributed by atoms with Crippen LogP contribution in [0, 0.1) is 13.8 Å². The van der Waals surface area contributed by atoms with Crippen LogP contribution < -0.4 is 0 Å². The van der Waals surface area contributed by atoms with Gasteiger partial charge in [0.15, 0.2) is 0 Å². The van der Waals surface area contributed by atoms with Gasteiger partial charge in [-0.05, 0) is 50.5 Å². The Balaban J connectivity index is 1.66. The van der Waals surface area contributed by atoms with E-state index >= 15 is 0 Å². The summed E-state index contributed by atoms with van der Waals surface area (Å²) in [6, 6.07) is 7.07. The van der Waals surface area contributed by atoms with Crippen LogP contribution in [0.5, 0.6) is 5.75 Å². The van der Waals surface area contributed by atoms with Gasteiger partial charge < -0.3 is 10.0 Å². The first-order valence-corrected chi connectivity index (χ1v) is 7.93. The van der Waals surface area contributed by atoms with Crippen LogP contribution in [0.1, 0.15) is 46.2 Å². The van der Waals surface area contributed by atoms with Gasteiger partial charge in [-0.25, -0.2) is 9.97 Å². The van der Waals surface area contributed by atoms with Crippen LogP contribution in [0.2, 0.25) is 0 Å². The summed E-state index contributed by atoms with van der Waals surface area (Å²) in [6.07, 6.45) is 3.60. The standard InChI is InChI=1S/C18H21N3O2/c1-12-3-4-15(11-17(12)22)18(23)21-9-6-14(7-10-21)16-5-8-19-13(2)20-16/h3-5,8,11,14,22H,6-7,9-10H2,1-2H3. The molecule has 0 saturated carbocycles. The van der Waals surface area contributed by atoms with Crippen molar-refractivity contribution in [3.05, 3.63) is 53.1 Å². The number of phenols is 1. The van der Waals surface area contributed by atoms with Gasteiger partial charge in [0.2, 0.25) is 0 Å². The minimum atomic E-state index is -0.0161. The number of amides is 1. The van der Waals surface area contributed by atoms with Crippen molar-refractivity contribution in [2.24, 2.45) is 0 Å². The molecule has 1 aliphatic rings. The van der Waals surface area contributed by atoms with Gasteiger partial charge in [0.25, 0.3) is 5.91 Å². The molecule has 0 unspecified atom stereocenters. The fourth-order valence-corrected chi connectivity index (χ4v) is 3.01. The van der Waals surface area contributed by atoms with Crippen LogP contribution in [0.25, 0.3) is 0 Å². The van der Waals surface area contributed by atoms with Crippen LogP contribution >= 0.6 is 0 Å². The van der Waals surface area contributed by atoms with Crippen molar-refractivity contribution in [3.63, 3.8) is 0 Å². The van der Waals surface area contributed by atoms with Crippen molar-refractivity contribution in [2.75, 3.05) is 13.1 Å². The van der Waals surface area contributed by atoms with E-state index in [1.54, 1.807) is 24.4 Å². The zero-order valence-electron chi connectivity index (χ0n) is 13.5. The molecule has 120 valence electrons. The van der Waals surface area contributed by atoms with Crippen LogP contribution in [0.4, 0.5) is 0 Å². The van der Waals surface area contributed by atoms with E-state index in [1.807, 2.05) is 24.8 Å². The lowest BCUT2D eigenvalue weighted by Crippen LogP contribution is -2.38. The molecule has 0 spiro atoms. The second-order valence-corrected chi connectivity index (χ2v) is 6.10. The summed E-state index contributed by atoms with van der Waals surface area (Å²) >= 11 is 0. The number of aromatic nitrogens is 2. The molecule has 0 radical (unpaired) electrons. The van der Waals surface area contributed by atoms with E-state index in [1.165, 1.54) is 0 Å². The molecule has 1 N–H and O–H groups in total. The third-order valence-corrected chi connectivity index (χ3v) is 4.45. The zero-order chi connectivity index (χ0) is 16.4. The molecule has 0 bridgehead atoms. The number of hydrogen-bond donors (Lipinski definition) is 1. The van der Waals surface area contributed by atoms with Crippen molar-refractivity contribution >= 4 is 5.91 Å². The minimum Gasteiger partial charge on any atom is -0.508 e. The molecule has 5 nitrogen and oxygen atoms in total. The smallest absolute Gasteiger partial charge is 0.253 e. The largest absolute Gasteiger partial charge is 0.508 e. The topological polar surface area (TPSA) is 66.3 Å². The Morgan fingerprint density at radius 2 is 1.96 bits per heavy atom. The Morgan fingerprint density at radius 3 is 2.61 bits per heavy atom. The second kappa shape index (κ2) is 6.36. The van der Waals surface area contributed by atoms with Gasteiger partial charge in [0.1, 0.15) is 11.6 Å². The molecule has 2 heterocycles. The fraction of sp³-hybridized carbons (Fsp3) is 0.389. The first-order valence-electron chi connectivity index (χ1n) is 7.93. The zero-order valence-corrected chi connectivity index (χ0v) is 13.5. The van der Waals surface area contributed by atoms with E-state index in [0.29, 0.717) is 24.6 Å². The quantitative estimate of drug-likeness (QED) is 0.926. The van der Waals surface area contributed by atoms with Crippen molar-refractivity contribution < 1.29 is 9.90 Å². The van der Waals surface area contributed by atoms with Crippen molar-refractivity contribution in [2.45, 2.75) is 32.6 Å². The summed E-state index contributed by atoms with van der Waals surface area (Å²) in [7, 11) is 0. The third-order valence-electron chi connectivity index (χ3n) is 4.45. The van der Waals surface area contributed by atoms with E-state index in [2.05, 4.69) is 9.97 Å². The molecule has 1 amide bonds. The monoisotopic (exact) mass is 311 g/mol. The highest BCUT2D eigenvalue weighted by atomic mass is 16.3. The number of hydrogen-bond acceptors (Lipinski definition) is 4. The van der Waals surface area contributed by atoms with Gasteiger partial charge >= 0.3 is 0 Å². The Bertz CT molecular complexity index is 722. The molecule has 0 atom stereocenters. The first kappa shape index (κ1) is 15.5. The third kappa shape index (κ3) is 3.33. The highest BCUT2D eigenvalue weighted by molar-refractivity contribution is 5.94. The molecule has 1 aliphatic heterocycles. The molecule has 2 aromatic rings. The van der Waals surface area contributed by atoms with Crippen molar-refractivity contribution in [1.29, 1.82) is 0 Å². The minimum absolute atomic E-state index is 0.0161. The summed E-state index contributed by atoms with van der Waals surface area (Å²) in [5.74, 6) is 1.32. The first-order chi connectivity index (χ1) is 11.0. The molecule has 1 aromatic carbocycles. The summed E-state index contributed by atoms with van der Waals surface area (Å²) in [5.41, 5.74) is 2.39. The normalized spacial score (nSPS) is 15.7. The van der Waals surface area contributed by atoms with Crippen molar-refractivity contribution in [1.82, 2.24) is 14.9 Å². The van der Waals surface area contributed by atoms with Crippen LogP contribution in [-0.2, 0) is 0 Å². The maximum absolute atomic E-state index is 12.5. The van der Waals surface area contributed by atoms with E-state index in [9.17, 15) is 9.90 Å². The lowest BCUT2D eigenvalue weighted by Gasteiger charge is -2.32. The molecule has 1 saturated heterocycles. The van der Waals surface area contributed by atoms with Gasteiger partial charge in [-0.2, -0.15) is 0 Å². The van der Waals surface area contributed by atoms with Crippen molar-refractivity contribution in [3.8, 4) is 5.75 Å². The molecular formula is C18H21N3O2. The number of aromatic hydroxyl groups is 1. The Kier molecular flexibility index (Phi) is 4.28.